The van der Waals surface area contributed by atoms with E-state index in [4.69, 9.17) is 0 Å². The summed E-state index contributed by atoms with van der Waals surface area (Å²) in [5, 5.41) is 0. The second-order valence-corrected chi connectivity index (χ2v) is 3.81. The molecule has 0 fully saturated rings. The lowest BCUT2D eigenvalue weighted by Crippen LogP contribution is -1.98. The van der Waals surface area contributed by atoms with E-state index >= 15 is 0 Å². The largest absolute Gasteiger partial charge is 0.100 e. The maximum atomic E-state index is 4.09. The van der Waals surface area contributed by atoms with Crippen molar-refractivity contribution >= 4 is 0 Å². The fraction of sp³-hybridized carbons (Fsp3) is 0.667. The second-order valence-electron chi connectivity index (χ2n) is 3.81. The van der Waals surface area contributed by atoms with Gasteiger partial charge in [-0.15, -0.1) is 6.58 Å². The van der Waals surface area contributed by atoms with Crippen LogP contribution in [0.3, 0.4) is 0 Å². The maximum Gasteiger partial charge on any atom is -0.0231 e. The predicted molar refractivity (Wildman–Crippen MR) is 57.3 cm³/mol. The first kappa shape index (κ1) is 11.5. The van der Waals surface area contributed by atoms with Gasteiger partial charge in [0.2, 0.25) is 0 Å². The van der Waals surface area contributed by atoms with Gasteiger partial charge in [-0.05, 0) is 32.1 Å². The third kappa shape index (κ3) is 5.17. The highest BCUT2D eigenvalue weighted by Crippen LogP contribution is 2.20. The molecule has 0 heterocycles. The molecule has 0 aromatic heterocycles. The molecule has 0 radical (unpaired) electrons. The Morgan fingerprint density at radius 2 is 1.83 bits per heavy atom. The second kappa shape index (κ2) is 6.05. The summed E-state index contributed by atoms with van der Waals surface area (Å²) < 4.78 is 0. The van der Waals surface area contributed by atoms with Crippen molar-refractivity contribution in [3.8, 4) is 0 Å². The Bertz CT molecular complexity index is 153. The quantitative estimate of drug-likeness (QED) is 0.515. The summed E-state index contributed by atoms with van der Waals surface area (Å²) >= 11 is 0. The molecule has 0 amide bonds. The molecule has 0 saturated heterocycles. The van der Waals surface area contributed by atoms with Crippen molar-refractivity contribution in [3.05, 3.63) is 24.3 Å². The van der Waals surface area contributed by atoms with Crippen LogP contribution in [0.15, 0.2) is 24.3 Å². The molecular weight excluding hydrogens is 144 g/mol. The van der Waals surface area contributed by atoms with Gasteiger partial charge in [0.15, 0.2) is 0 Å². The zero-order valence-electron chi connectivity index (χ0n) is 8.82. The van der Waals surface area contributed by atoms with Crippen LogP contribution in [0.1, 0.15) is 46.5 Å². The number of rotatable bonds is 6. The fourth-order valence-corrected chi connectivity index (χ4v) is 1.23. The molecule has 70 valence electrons. The lowest BCUT2D eigenvalue weighted by molar-refractivity contribution is 0.586. The average Bonchev–Trinajstić information content (AvgIpc) is 2.00. The van der Waals surface area contributed by atoms with Gasteiger partial charge < -0.3 is 0 Å². The Hall–Kier alpha value is -0.520. The van der Waals surface area contributed by atoms with E-state index < -0.39 is 0 Å². The van der Waals surface area contributed by atoms with Crippen molar-refractivity contribution in [2.75, 3.05) is 0 Å². The van der Waals surface area contributed by atoms with E-state index in [1.807, 2.05) is 0 Å². The first-order valence-corrected chi connectivity index (χ1v) is 4.90. The van der Waals surface area contributed by atoms with E-state index in [0.29, 0.717) is 5.92 Å². The molecule has 0 aliphatic heterocycles. The summed E-state index contributed by atoms with van der Waals surface area (Å²) in [6.45, 7) is 14.6. The van der Waals surface area contributed by atoms with Crippen molar-refractivity contribution in [3.63, 3.8) is 0 Å². The highest BCUT2D eigenvalue weighted by atomic mass is 14.1. The van der Waals surface area contributed by atoms with Crippen molar-refractivity contribution in [1.29, 1.82) is 0 Å². The summed E-state index contributed by atoms with van der Waals surface area (Å²) in [6.07, 6.45) is 4.76. The van der Waals surface area contributed by atoms with Crippen molar-refractivity contribution < 1.29 is 0 Å². The van der Waals surface area contributed by atoms with Gasteiger partial charge in [-0.3, -0.25) is 0 Å². The number of hydrogen-bond acceptors (Lipinski definition) is 0. The van der Waals surface area contributed by atoms with Crippen LogP contribution in [-0.4, -0.2) is 0 Å². The first-order valence-electron chi connectivity index (χ1n) is 4.90. The van der Waals surface area contributed by atoms with Crippen LogP contribution in [-0.2, 0) is 0 Å². The van der Waals surface area contributed by atoms with Crippen LogP contribution in [0.25, 0.3) is 0 Å². The lowest BCUT2D eigenvalue weighted by atomic mass is 9.93. The van der Waals surface area contributed by atoms with E-state index in [-0.39, 0.29) is 0 Å². The van der Waals surface area contributed by atoms with E-state index in [0.717, 1.165) is 6.42 Å². The van der Waals surface area contributed by atoms with E-state index in [9.17, 15) is 0 Å². The van der Waals surface area contributed by atoms with Gasteiger partial charge in [0.25, 0.3) is 0 Å². The minimum atomic E-state index is 0.668. The van der Waals surface area contributed by atoms with Crippen LogP contribution in [0.2, 0.25) is 0 Å². The van der Waals surface area contributed by atoms with E-state index in [1.165, 1.54) is 30.4 Å². The zero-order chi connectivity index (χ0) is 9.56. The molecule has 0 aliphatic rings. The highest BCUT2D eigenvalue weighted by molar-refractivity contribution is 5.00. The summed E-state index contributed by atoms with van der Waals surface area (Å²) in [7, 11) is 0. The highest BCUT2D eigenvalue weighted by Gasteiger charge is 2.04. The standard InChI is InChI=1S/C12H22/c1-6-7-11(4)12(5)9-8-10(2)3/h12H,2,4,6-9H2,1,3,5H3. The van der Waals surface area contributed by atoms with Crippen LogP contribution in [0.4, 0.5) is 0 Å². The number of hydrogen-bond donors (Lipinski definition) is 0. The molecule has 12 heavy (non-hydrogen) atoms. The summed E-state index contributed by atoms with van der Waals surface area (Å²) in [5.74, 6) is 0.668. The molecule has 0 N–H and O–H groups in total. The molecule has 0 rings (SSSR count). The van der Waals surface area contributed by atoms with Gasteiger partial charge in [-0.2, -0.15) is 0 Å². The molecule has 0 spiro atoms. The van der Waals surface area contributed by atoms with Gasteiger partial charge in [0.1, 0.15) is 0 Å². The Balaban J connectivity index is 3.63. The molecular formula is C12H22. The predicted octanol–water partition coefficient (Wildman–Crippen LogP) is 4.34. The molecule has 1 unspecified atom stereocenters. The molecule has 1 atom stereocenters. The van der Waals surface area contributed by atoms with Crippen LogP contribution < -0.4 is 0 Å². The monoisotopic (exact) mass is 166 g/mol. The lowest BCUT2D eigenvalue weighted by Gasteiger charge is -2.13. The molecule has 0 nitrogen and oxygen atoms in total. The molecule has 0 aromatic carbocycles. The zero-order valence-corrected chi connectivity index (χ0v) is 8.82. The molecule has 0 heteroatoms. The van der Waals surface area contributed by atoms with Gasteiger partial charge in [0.05, 0.1) is 0 Å². The summed E-state index contributed by atoms with van der Waals surface area (Å²) in [5.41, 5.74) is 2.69. The average molecular weight is 166 g/mol. The van der Waals surface area contributed by atoms with Crippen LogP contribution in [0, 0.1) is 5.92 Å². The van der Waals surface area contributed by atoms with Gasteiger partial charge in [0, 0.05) is 0 Å². The topological polar surface area (TPSA) is 0 Å². The SMILES string of the molecule is C=C(C)CCC(C)C(=C)CCC. The number of allylic oxidation sites excluding steroid dienone is 2. The maximum absolute atomic E-state index is 4.09. The molecule has 0 saturated carbocycles. The van der Waals surface area contributed by atoms with Gasteiger partial charge in [-0.25, -0.2) is 0 Å². The van der Waals surface area contributed by atoms with Crippen LogP contribution in [0.5, 0.6) is 0 Å². The summed E-state index contributed by atoms with van der Waals surface area (Å²) in [4.78, 5) is 0. The van der Waals surface area contributed by atoms with Crippen molar-refractivity contribution in [1.82, 2.24) is 0 Å². The molecule has 0 aliphatic carbocycles. The third-order valence-corrected chi connectivity index (χ3v) is 2.27. The normalized spacial score (nSPS) is 12.6. The van der Waals surface area contributed by atoms with Crippen molar-refractivity contribution in [2.24, 2.45) is 5.92 Å². The first-order chi connectivity index (χ1) is 5.57. The fourth-order valence-electron chi connectivity index (χ4n) is 1.23. The van der Waals surface area contributed by atoms with E-state index in [1.54, 1.807) is 0 Å². The third-order valence-electron chi connectivity index (χ3n) is 2.27. The Kier molecular flexibility index (Phi) is 5.79. The van der Waals surface area contributed by atoms with Crippen molar-refractivity contribution in [2.45, 2.75) is 46.5 Å². The summed E-state index contributed by atoms with van der Waals surface area (Å²) in [6, 6.07) is 0. The van der Waals surface area contributed by atoms with E-state index in [2.05, 4.69) is 33.9 Å². The minimum absolute atomic E-state index is 0.668. The van der Waals surface area contributed by atoms with Gasteiger partial charge >= 0.3 is 0 Å². The molecule has 0 bridgehead atoms. The Labute approximate surface area is 77.4 Å². The Morgan fingerprint density at radius 3 is 2.25 bits per heavy atom. The molecule has 0 aromatic rings. The van der Waals surface area contributed by atoms with Gasteiger partial charge in [-0.1, -0.05) is 38.0 Å². The Morgan fingerprint density at radius 1 is 1.25 bits per heavy atom. The smallest absolute Gasteiger partial charge is 0.0231 e. The van der Waals surface area contributed by atoms with Crippen LogP contribution >= 0.6 is 0 Å². The minimum Gasteiger partial charge on any atom is -0.100 e.